The van der Waals surface area contributed by atoms with Gasteiger partial charge in [-0.05, 0) is 49.1 Å². The van der Waals surface area contributed by atoms with Crippen LogP contribution in [0.5, 0.6) is 5.75 Å². The highest BCUT2D eigenvalue weighted by molar-refractivity contribution is 5.94. The Labute approximate surface area is 181 Å². The average Bonchev–Trinajstić information content (AvgIpc) is 3.09. The van der Waals surface area contributed by atoms with Crippen molar-refractivity contribution in [3.8, 4) is 17.0 Å². The molecule has 0 fully saturated rings. The molecule has 0 spiro atoms. The summed E-state index contributed by atoms with van der Waals surface area (Å²) in [5.41, 5.74) is 4.83. The van der Waals surface area contributed by atoms with E-state index in [9.17, 15) is 15.0 Å². The second kappa shape index (κ2) is 8.02. The maximum atomic E-state index is 12.2. The van der Waals surface area contributed by atoms with Gasteiger partial charge in [0.05, 0.1) is 17.1 Å². The van der Waals surface area contributed by atoms with Gasteiger partial charge in [-0.1, -0.05) is 45.4 Å². The summed E-state index contributed by atoms with van der Waals surface area (Å²) in [4.78, 5) is 17.0. The maximum absolute atomic E-state index is 12.2. The summed E-state index contributed by atoms with van der Waals surface area (Å²) < 4.78 is 1.70. The van der Waals surface area contributed by atoms with Gasteiger partial charge in [0.15, 0.2) is 5.65 Å². The van der Waals surface area contributed by atoms with E-state index in [-0.39, 0.29) is 11.7 Å². The van der Waals surface area contributed by atoms with Crippen LogP contribution in [0, 0.1) is 6.92 Å². The van der Waals surface area contributed by atoms with Gasteiger partial charge in [0.1, 0.15) is 5.75 Å². The normalized spacial score (nSPS) is 12.7. The molecule has 6 heteroatoms. The molecule has 6 nitrogen and oxygen atoms in total. The zero-order valence-corrected chi connectivity index (χ0v) is 18.3. The molecule has 0 aliphatic rings. The predicted octanol–water partition coefficient (Wildman–Crippen LogP) is 5.66. The first-order valence-electron chi connectivity index (χ1n) is 10.7. The van der Waals surface area contributed by atoms with Crippen LogP contribution in [-0.4, -0.2) is 30.8 Å². The molecule has 160 valence electrons. The highest BCUT2D eigenvalue weighted by Crippen LogP contribution is 2.40. The minimum Gasteiger partial charge on any atom is -0.507 e. The minimum atomic E-state index is -0.901. The fourth-order valence-electron chi connectivity index (χ4n) is 4.25. The van der Waals surface area contributed by atoms with Crippen LogP contribution in [0.15, 0.2) is 42.5 Å². The third-order valence-electron chi connectivity index (χ3n) is 5.85. The van der Waals surface area contributed by atoms with Crippen molar-refractivity contribution in [2.45, 2.75) is 52.4 Å². The van der Waals surface area contributed by atoms with Crippen molar-refractivity contribution >= 4 is 22.5 Å². The first kappa shape index (κ1) is 20.8. The van der Waals surface area contributed by atoms with E-state index in [0.717, 1.165) is 16.5 Å². The zero-order chi connectivity index (χ0) is 22.3. The van der Waals surface area contributed by atoms with E-state index >= 15 is 0 Å². The Morgan fingerprint density at radius 3 is 2.55 bits per heavy atom. The number of carboxylic acid groups (broad SMARTS) is 1. The van der Waals surface area contributed by atoms with Gasteiger partial charge in [-0.15, -0.1) is 0 Å². The van der Waals surface area contributed by atoms with Crippen molar-refractivity contribution in [2.75, 3.05) is 0 Å². The van der Waals surface area contributed by atoms with Crippen molar-refractivity contribution < 1.29 is 15.0 Å². The molecule has 0 saturated heterocycles. The first-order valence-corrected chi connectivity index (χ1v) is 10.7. The first-order chi connectivity index (χ1) is 14.8. The van der Waals surface area contributed by atoms with Crippen LogP contribution >= 0.6 is 0 Å². The van der Waals surface area contributed by atoms with E-state index in [1.54, 1.807) is 10.6 Å². The second-order valence-corrected chi connectivity index (χ2v) is 8.32. The molecule has 0 aliphatic carbocycles. The fourth-order valence-corrected chi connectivity index (χ4v) is 4.25. The Morgan fingerprint density at radius 2 is 1.90 bits per heavy atom. The second-order valence-electron chi connectivity index (χ2n) is 8.32. The van der Waals surface area contributed by atoms with Crippen LogP contribution in [-0.2, 0) is 4.79 Å². The Balaban J connectivity index is 2.13. The molecule has 4 rings (SSSR count). The number of rotatable bonds is 6. The van der Waals surface area contributed by atoms with Crippen molar-refractivity contribution in [3.63, 3.8) is 0 Å². The van der Waals surface area contributed by atoms with Gasteiger partial charge >= 0.3 is 5.97 Å². The number of hydrogen-bond donors (Lipinski definition) is 2. The van der Waals surface area contributed by atoms with Crippen molar-refractivity contribution in [1.29, 1.82) is 0 Å². The molecule has 0 saturated carbocycles. The van der Waals surface area contributed by atoms with Crippen LogP contribution in [0.3, 0.4) is 0 Å². The predicted molar refractivity (Wildman–Crippen MR) is 122 cm³/mol. The number of hydrogen-bond acceptors (Lipinski definition) is 4. The third-order valence-corrected chi connectivity index (χ3v) is 5.85. The smallest absolute Gasteiger partial charge is 0.311 e. The SMILES string of the molecule is CCCC(C(=O)O)c1c(C)nc2c3ccccc3nn2c1-c1ccc(C(C)C)cc1O. The lowest BCUT2D eigenvalue weighted by Gasteiger charge is -2.21. The lowest BCUT2D eigenvalue weighted by molar-refractivity contribution is -0.139. The molecule has 0 radical (unpaired) electrons. The number of fused-ring (bicyclic) bond motifs is 3. The lowest BCUT2D eigenvalue weighted by Crippen LogP contribution is -2.17. The molecular weight excluding hydrogens is 390 g/mol. The Kier molecular flexibility index (Phi) is 5.39. The van der Waals surface area contributed by atoms with E-state index in [0.29, 0.717) is 41.0 Å². The van der Waals surface area contributed by atoms with E-state index in [1.165, 1.54) is 0 Å². The molecule has 0 amide bonds. The molecule has 1 atom stereocenters. The summed E-state index contributed by atoms with van der Waals surface area (Å²) in [7, 11) is 0. The number of carbonyl (C=O) groups is 1. The van der Waals surface area contributed by atoms with Crippen molar-refractivity contribution in [1.82, 2.24) is 14.6 Å². The number of aryl methyl sites for hydroxylation is 1. The lowest BCUT2D eigenvalue weighted by atomic mass is 9.88. The van der Waals surface area contributed by atoms with E-state index < -0.39 is 11.9 Å². The fraction of sp³-hybridized carbons (Fsp3) is 0.320. The molecule has 0 aliphatic heterocycles. The largest absolute Gasteiger partial charge is 0.507 e. The van der Waals surface area contributed by atoms with Crippen LogP contribution in [0.1, 0.15) is 62.3 Å². The number of aromatic hydroxyl groups is 1. The molecule has 2 heterocycles. The number of carboxylic acids is 1. The van der Waals surface area contributed by atoms with Gasteiger partial charge in [0.2, 0.25) is 0 Å². The van der Waals surface area contributed by atoms with Gasteiger partial charge in [0, 0.05) is 22.2 Å². The van der Waals surface area contributed by atoms with Crippen molar-refractivity contribution in [3.05, 3.63) is 59.3 Å². The zero-order valence-electron chi connectivity index (χ0n) is 18.3. The van der Waals surface area contributed by atoms with E-state index in [2.05, 4.69) is 13.8 Å². The maximum Gasteiger partial charge on any atom is 0.311 e. The molecule has 31 heavy (non-hydrogen) atoms. The number of phenols is 1. The van der Waals surface area contributed by atoms with Crippen LogP contribution in [0.25, 0.3) is 27.8 Å². The molecule has 1 unspecified atom stereocenters. The highest BCUT2D eigenvalue weighted by atomic mass is 16.4. The monoisotopic (exact) mass is 417 g/mol. The Bertz CT molecular complexity index is 1290. The molecule has 0 bridgehead atoms. The Hall–Kier alpha value is -3.41. The van der Waals surface area contributed by atoms with Crippen LogP contribution in [0.4, 0.5) is 0 Å². The number of nitrogens with zero attached hydrogens (tertiary/aromatic N) is 3. The van der Waals surface area contributed by atoms with E-state index in [4.69, 9.17) is 10.1 Å². The molecule has 2 aromatic heterocycles. The summed E-state index contributed by atoms with van der Waals surface area (Å²) >= 11 is 0. The summed E-state index contributed by atoms with van der Waals surface area (Å²) in [5, 5.41) is 26.6. The molecule has 4 aromatic rings. The van der Waals surface area contributed by atoms with Gasteiger partial charge in [-0.25, -0.2) is 9.50 Å². The van der Waals surface area contributed by atoms with Gasteiger partial charge in [-0.2, -0.15) is 5.10 Å². The topological polar surface area (TPSA) is 87.7 Å². The van der Waals surface area contributed by atoms with E-state index in [1.807, 2.05) is 50.2 Å². The summed E-state index contributed by atoms with van der Waals surface area (Å²) in [6.07, 6.45) is 1.19. The quantitative estimate of drug-likeness (QED) is 0.423. The number of aliphatic carboxylic acids is 1. The van der Waals surface area contributed by atoms with Crippen LogP contribution in [0.2, 0.25) is 0 Å². The van der Waals surface area contributed by atoms with Gasteiger partial charge < -0.3 is 10.2 Å². The van der Waals surface area contributed by atoms with Gasteiger partial charge in [0.25, 0.3) is 0 Å². The summed E-state index contributed by atoms with van der Waals surface area (Å²) in [6, 6.07) is 13.3. The van der Waals surface area contributed by atoms with Crippen molar-refractivity contribution in [2.24, 2.45) is 0 Å². The number of phenolic OH excluding ortho intramolecular Hbond substituents is 1. The summed E-state index contributed by atoms with van der Waals surface area (Å²) in [5.74, 6) is -1.27. The summed E-state index contributed by atoms with van der Waals surface area (Å²) in [6.45, 7) is 7.94. The third kappa shape index (κ3) is 3.52. The number of benzene rings is 2. The highest BCUT2D eigenvalue weighted by Gasteiger charge is 2.29. The number of aromatic nitrogens is 3. The average molecular weight is 418 g/mol. The minimum absolute atomic E-state index is 0.111. The standard InChI is InChI=1S/C25H27N3O3/c1-5-8-19(25(30)31)22-15(4)26-24-17-9-6-7-10-20(17)27-28(24)23(22)18-12-11-16(14(2)3)13-21(18)29/h6-7,9-14,19,29H,5,8H2,1-4H3,(H,30,31). The van der Waals surface area contributed by atoms with Crippen LogP contribution < -0.4 is 0 Å². The molecular formula is C25H27N3O3. The Morgan fingerprint density at radius 1 is 1.16 bits per heavy atom. The molecule has 2 N–H and O–H groups in total. The molecule has 2 aromatic carbocycles. The van der Waals surface area contributed by atoms with Gasteiger partial charge in [-0.3, -0.25) is 4.79 Å².